The number of carbonyl (C=O) groups excluding carboxylic acids is 1. The molecule has 9 heteroatoms. The molecule has 6 rings (SSSR count). The van der Waals surface area contributed by atoms with Crippen LogP contribution in [0.4, 0.5) is 0 Å². The second-order valence-electron chi connectivity index (χ2n) is 10.0. The quantitative estimate of drug-likeness (QED) is 0.195. The third-order valence-corrected chi connectivity index (χ3v) is 7.97. The van der Waals surface area contributed by atoms with E-state index in [1.807, 2.05) is 36.5 Å². The summed E-state index contributed by atoms with van der Waals surface area (Å²) < 4.78 is 2.08. The van der Waals surface area contributed by atoms with Crippen LogP contribution in [-0.4, -0.2) is 30.6 Å². The maximum absolute atomic E-state index is 13.4. The van der Waals surface area contributed by atoms with Crippen LogP contribution in [0.3, 0.4) is 0 Å². The number of aromatic amines is 1. The van der Waals surface area contributed by atoms with Crippen molar-refractivity contribution in [1.82, 2.24) is 30.0 Å². The second-order valence-corrected chi connectivity index (χ2v) is 10.9. The van der Waals surface area contributed by atoms with Gasteiger partial charge in [-0.25, -0.2) is 0 Å². The molecular weight excluding hydrogens is 555 g/mol. The molecule has 0 fully saturated rings. The predicted molar refractivity (Wildman–Crippen MR) is 162 cm³/mol. The molecule has 3 heterocycles. The Morgan fingerprint density at radius 2 is 1.90 bits per heavy atom. The Morgan fingerprint density at radius 3 is 2.71 bits per heavy atom. The predicted octanol–water partition coefficient (Wildman–Crippen LogP) is 7.04. The minimum atomic E-state index is -0.483. The minimum absolute atomic E-state index is 0.279. The molecule has 2 N–H and O–H groups in total. The number of amides is 1. The molecular formula is C32H28Cl2N6O. The van der Waals surface area contributed by atoms with Gasteiger partial charge in [-0.05, 0) is 59.9 Å². The number of benzene rings is 2. The summed E-state index contributed by atoms with van der Waals surface area (Å²) in [6.45, 7) is 0.468. The average Bonchev–Trinajstić information content (AvgIpc) is 3.59. The van der Waals surface area contributed by atoms with Crippen molar-refractivity contribution in [2.75, 3.05) is 0 Å². The zero-order chi connectivity index (χ0) is 28.2. The largest absolute Gasteiger partial charge is 0.361 e. The van der Waals surface area contributed by atoms with Gasteiger partial charge in [0.05, 0.1) is 22.6 Å². The standard InChI is InChI=1S/C32H28Cl2N6O/c33-25-14-13-22(16-26(25)34)20-40-30(17-21-8-2-1-3-9-21)38-39-31(40)29(37-32(41)28-12-6-7-15-35-28)18-23-19-36-27-11-5-4-10-24(23)27/h2,4-16,19,29,36H,1,3,17-18,20H2,(H,37,41)/t29-/m1/s1. The first kappa shape index (κ1) is 27.0. The summed E-state index contributed by atoms with van der Waals surface area (Å²) in [5.74, 6) is 1.18. The number of H-pyrrole nitrogens is 1. The van der Waals surface area contributed by atoms with Crippen LogP contribution < -0.4 is 5.32 Å². The van der Waals surface area contributed by atoms with Gasteiger partial charge in [0.1, 0.15) is 11.5 Å². The summed E-state index contributed by atoms with van der Waals surface area (Å²) >= 11 is 12.6. The van der Waals surface area contributed by atoms with Gasteiger partial charge in [0.2, 0.25) is 0 Å². The minimum Gasteiger partial charge on any atom is -0.361 e. The molecule has 41 heavy (non-hydrogen) atoms. The molecule has 0 spiro atoms. The molecule has 1 aliphatic carbocycles. The normalized spacial score (nSPS) is 13.8. The van der Waals surface area contributed by atoms with Gasteiger partial charge >= 0.3 is 0 Å². The Labute approximate surface area is 247 Å². The van der Waals surface area contributed by atoms with E-state index in [4.69, 9.17) is 23.2 Å². The summed E-state index contributed by atoms with van der Waals surface area (Å²) in [7, 11) is 0. The van der Waals surface area contributed by atoms with E-state index >= 15 is 0 Å². The van der Waals surface area contributed by atoms with E-state index in [-0.39, 0.29) is 5.91 Å². The summed E-state index contributed by atoms with van der Waals surface area (Å²) in [5.41, 5.74) is 4.58. The summed E-state index contributed by atoms with van der Waals surface area (Å²) in [6.07, 6.45) is 13.3. The molecule has 2 aromatic carbocycles. The highest BCUT2D eigenvalue weighted by Crippen LogP contribution is 2.28. The fraction of sp³-hybridized carbons (Fsp3) is 0.188. The Bertz CT molecular complexity index is 1750. The lowest BCUT2D eigenvalue weighted by atomic mass is 10.0. The van der Waals surface area contributed by atoms with E-state index in [0.717, 1.165) is 40.7 Å². The monoisotopic (exact) mass is 582 g/mol. The van der Waals surface area contributed by atoms with Gasteiger partial charge in [0, 0.05) is 36.1 Å². The molecule has 0 radical (unpaired) electrons. The third-order valence-electron chi connectivity index (χ3n) is 7.23. The average molecular weight is 584 g/mol. The van der Waals surface area contributed by atoms with Gasteiger partial charge in [-0.1, -0.05) is 71.8 Å². The smallest absolute Gasteiger partial charge is 0.270 e. The Kier molecular flexibility index (Phi) is 7.98. The number of nitrogens with zero attached hydrogens (tertiary/aromatic N) is 4. The molecule has 1 amide bonds. The van der Waals surface area contributed by atoms with Crippen molar-refractivity contribution in [1.29, 1.82) is 0 Å². The number of carbonyl (C=O) groups is 1. The van der Waals surface area contributed by atoms with Crippen molar-refractivity contribution < 1.29 is 4.79 Å². The summed E-state index contributed by atoms with van der Waals surface area (Å²) in [4.78, 5) is 21.0. The molecule has 3 aromatic heterocycles. The second kappa shape index (κ2) is 12.1. The van der Waals surface area contributed by atoms with E-state index in [2.05, 4.69) is 54.3 Å². The first-order chi connectivity index (χ1) is 20.0. The van der Waals surface area contributed by atoms with E-state index in [1.54, 1.807) is 30.5 Å². The van der Waals surface area contributed by atoms with Crippen molar-refractivity contribution in [3.05, 3.63) is 135 Å². The van der Waals surface area contributed by atoms with Crippen LogP contribution in [0.2, 0.25) is 10.0 Å². The number of aromatic nitrogens is 5. The molecule has 0 saturated carbocycles. The number of fused-ring (bicyclic) bond motifs is 1. The molecule has 0 aliphatic heterocycles. The van der Waals surface area contributed by atoms with E-state index in [0.29, 0.717) is 40.9 Å². The first-order valence-corrected chi connectivity index (χ1v) is 14.3. The maximum Gasteiger partial charge on any atom is 0.270 e. The maximum atomic E-state index is 13.4. The van der Waals surface area contributed by atoms with Crippen LogP contribution in [0.1, 0.15) is 52.1 Å². The lowest BCUT2D eigenvalue weighted by Gasteiger charge is -2.20. The van der Waals surface area contributed by atoms with Gasteiger partial charge < -0.3 is 14.9 Å². The highest BCUT2D eigenvalue weighted by atomic mass is 35.5. The molecule has 1 atom stereocenters. The SMILES string of the molecule is O=C(N[C@H](Cc1c[nH]c2ccccc12)c1nnc(CC2=CCCC=C2)n1Cc1ccc(Cl)c(Cl)c1)c1ccccn1. The first-order valence-electron chi connectivity index (χ1n) is 13.5. The van der Waals surface area contributed by atoms with Crippen LogP contribution in [0.5, 0.6) is 0 Å². The van der Waals surface area contributed by atoms with E-state index in [1.165, 1.54) is 5.57 Å². The highest BCUT2D eigenvalue weighted by molar-refractivity contribution is 6.42. The van der Waals surface area contributed by atoms with Gasteiger partial charge in [-0.2, -0.15) is 0 Å². The number of hydrogen-bond acceptors (Lipinski definition) is 4. The van der Waals surface area contributed by atoms with Crippen molar-refractivity contribution in [2.24, 2.45) is 0 Å². The molecule has 206 valence electrons. The molecule has 0 unspecified atom stereocenters. The number of pyridine rings is 1. The molecule has 0 saturated heterocycles. The Morgan fingerprint density at radius 1 is 1.02 bits per heavy atom. The van der Waals surface area contributed by atoms with Crippen molar-refractivity contribution in [2.45, 2.75) is 38.3 Å². The number of rotatable bonds is 9. The molecule has 0 bridgehead atoms. The number of para-hydroxylation sites is 1. The number of allylic oxidation sites excluding steroid dienone is 4. The summed E-state index contributed by atoms with van der Waals surface area (Å²) in [6, 6.07) is 18.5. The number of nitrogens with one attached hydrogen (secondary N) is 2. The van der Waals surface area contributed by atoms with Gasteiger partial charge in [-0.3, -0.25) is 9.78 Å². The van der Waals surface area contributed by atoms with Crippen LogP contribution >= 0.6 is 23.2 Å². The van der Waals surface area contributed by atoms with Crippen LogP contribution in [-0.2, 0) is 19.4 Å². The lowest BCUT2D eigenvalue weighted by Crippen LogP contribution is -2.33. The van der Waals surface area contributed by atoms with Crippen molar-refractivity contribution >= 4 is 40.0 Å². The Hall–Kier alpha value is -4.20. The van der Waals surface area contributed by atoms with Crippen molar-refractivity contribution in [3.8, 4) is 0 Å². The van der Waals surface area contributed by atoms with Gasteiger partial charge in [0.15, 0.2) is 5.82 Å². The Balaban J connectivity index is 1.42. The van der Waals surface area contributed by atoms with E-state index in [9.17, 15) is 4.79 Å². The van der Waals surface area contributed by atoms with Crippen LogP contribution in [0, 0.1) is 0 Å². The topological polar surface area (TPSA) is 88.5 Å². The molecule has 5 aromatic rings. The number of halogens is 2. The zero-order valence-corrected chi connectivity index (χ0v) is 23.7. The summed E-state index contributed by atoms with van der Waals surface area (Å²) in [5, 5.41) is 14.6. The highest BCUT2D eigenvalue weighted by Gasteiger charge is 2.26. The van der Waals surface area contributed by atoms with Gasteiger partial charge in [0.25, 0.3) is 5.91 Å². The molecule has 7 nitrogen and oxygen atoms in total. The lowest BCUT2D eigenvalue weighted by molar-refractivity contribution is 0.0929. The van der Waals surface area contributed by atoms with Crippen LogP contribution in [0.25, 0.3) is 10.9 Å². The van der Waals surface area contributed by atoms with E-state index < -0.39 is 6.04 Å². The third kappa shape index (κ3) is 6.11. The van der Waals surface area contributed by atoms with Gasteiger partial charge in [-0.15, -0.1) is 10.2 Å². The van der Waals surface area contributed by atoms with Crippen LogP contribution in [0.15, 0.2) is 96.9 Å². The van der Waals surface area contributed by atoms with Crippen molar-refractivity contribution in [3.63, 3.8) is 0 Å². The molecule has 1 aliphatic rings. The number of hydrogen-bond donors (Lipinski definition) is 2. The fourth-order valence-corrected chi connectivity index (χ4v) is 5.49. The fourth-order valence-electron chi connectivity index (χ4n) is 5.17. The zero-order valence-electron chi connectivity index (χ0n) is 22.2.